The molecule has 82 heavy (non-hydrogen) atoms. The van der Waals surface area contributed by atoms with Crippen molar-refractivity contribution >= 4 is 41.0 Å². The van der Waals surface area contributed by atoms with Gasteiger partial charge in [0.1, 0.15) is 36.1 Å². The lowest BCUT2D eigenvalue weighted by Gasteiger charge is -2.48. The minimum absolute atomic E-state index is 0.0702. The molecule has 4 saturated heterocycles. The third kappa shape index (κ3) is 17.4. The smallest absolute Gasteiger partial charge is 0.311 e. The van der Waals surface area contributed by atoms with E-state index in [1.807, 2.05) is 51.0 Å². The van der Waals surface area contributed by atoms with E-state index in [0.717, 1.165) is 63.1 Å². The number of benzene rings is 2. The Kier molecular flexibility index (Phi) is 25.6. The largest absolute Gasteiger partial charge is 0.459 e. The number of methoxy groups -OCH3 is 1. The van der Waals surface area contributed by atoms with Gasteiger partial charge in [-0.15, -0.1) is 0 Å². The van der Waals surface area contributed by atoms with Crippen LogP contribution in [0.15, 0.2) is 48.5 Å². The van der Waals surface area contributed by atoms with Crippen molar-refractivity contribution in [2.75, 3.05) is 27.7 Å². The number of aliphatic hydroxyl groups excluding tert-OH is 3. The van der Waals surface area contributed by atoms with E-state index in [2.05, 4.69) is 37.3 Å². The zero-order valence-corrected chi connectivity index (χ0v) is 53.5. The summed E-state index contributed by atoms with van der Waals surface area (Å²) in [5.41, 5.74) is -2.24. The summed E-state index contributed by atoms with van der Waals surface area (Å²) in [4.78, 5) is 32.8. The maximum Gasteiger partial charge on any atom is 0.311 e. The number of ether oxygens (including phenoxy) is 7. The monoisotopic (exact) mass is 1190 g/mol. The van der Waals surface area contributed by atoms with Crippen LogP contribution in [0.2, 0.25) is 0 Å². The van der Waals surface area contributed by atoms with Gasteiger partial charge in [-0.2, -0.15) is 0 Å². The number of halogens is 1. The number of esters is 1. The summed E-state index contributed by atoms with van der Waals surface area (Å²) in [6, 6.07) is 15.8. The number of aliphatic hydroxyl groups is 5. The Morgan fingerprint density at radius 3 is 2.04 bits per heavy atom. The maximum absolute atomic E-state index is 14.7. The lowest BCUT2D eigenvalue weighted by molar-refractivity contribution is -0.318. The average molecular weight is 1190 g/mol. The number of carbonyl (C=O) groups excluding carboxylic acids is 2. The van der Waals surface area contributed by atoms with Gasteiger partial charge in [-0.1, -0.05) is 125 Å². The van der Waals surface area contributed by atoms with Crippen LogP contribution in [-0.4, -0.2) is 171 Å². The van der Waals surface area contributed by atoms with Gasteiger partial charge in [-0.3, -0.25) is 9.59 Å². The number of hydrogen-bond acceptors (Lipinski definition) is 15. The molecule has 2 aromatic rings. The van der Waals surface area contributed by atoms with Crippen LogP contribution in [-0.2, 0) is 49.2 Å². The van der Waals surface area contributed by atoms with E-state index in [9.17, 15) is 35.1 Å². The number of likely N-dealkylation sites (N-methyl/N-ethyl adjacent to an activating group) is 1. The van der Waals surface area contributed by atoms with Gasteiger partial charge in [-0.05, 0) is 136 Å². The van der Waals surface area contributed by atoms with Gasteiger partial charge in [0.2, 0.25) is 5.91 Å². The summed E-state index contributed by atoms with van der Waals surface area (Å²) in [7, 11) is 4.29. The molecule has 2 aromatic carbocycles. The number of carbonyl (C=O) groups is 2. The Bertz CT molecular complexity index is 2300. The van der Waals surface area contributed by atoms with E-state index in [1.165, 1.54) is 30.5 Å². The minimum Gasteiger partial charge on any atom is -0.459 e. The molecule has 4 heterocycles. The molecule has 466 valence electrons. The molecule has 5 N–H and O–H groups in total. The van der Waals surface area contributed by atoms with Crippen LogP contribution in [0, 0.1) is 17.8 Å². The molecule has 4 aliphatic rings. The molecule has 4 aliphatic heterocycles. The van der Waals surface area contributed by atoms with Gasteiger partial charge >= 0.3 is 5.97 Å². The van der Waals surface area contributed by atoms with Crippen LogP contribution >= 0.6 is 18.5 Å². The molecule has 0 radical (unpaired) electrons. The first-order valence-electron chi connectivity index (χ1n) is 30.8. The van der Waals surface area contributed by atoms with E-state index in [-0.39, 0.29) is 62.5 Å². The Balaban J connectivity index is 1.13. The van der Waals surface area contributed by atoms with Crippen molar-refractivity contribution in [3.05, 3.63) is 59.7 Å². The molecule has 1 amide bonds. The summed E-state index contributed by atoms with van der Waals surface area (Å²) in [6.45, 7) is 19.5. The molecule has 0 bridgehead atoms. The fraction of sp³-hybridized carbons (Fsp3) is 0.781. The molecular weight excluding hydrogens is 1090 g/mol. The van der Waals surface area contributed by atoms with E-state index in [4.69, 9.17) is 44.4 Å². The zero-order valence-electron chi connectivity index (χ0n) is 51.9. The first-order valence-corrected chi connectivity index (χ1v) is 33.0. The second kappa shape index (κ2) is 30.5. The predicted molar refractivity (Wildman–Crippen MR) is 321 cm³/mol. The molecular formula is C64H104ClN2O14P. The second-order valence-electron chi connectivity index (χ2n) is 25.7. The summed E-state index contributed by atoms with van der Waals surface area (Å²) in [5, 5.41) is 62.8. The van der Waals surface area contributed by atoms with Crippen molar-refractivity contribution in [1.82, 2.24) is 9.80 Å². The highest BCUT2D eigenvalue weighted by Gasteiger charge is 2.53. The fourth-order valence-corrected chi connectivity index (χ4v) is 15.4. The molecule has 21 atom stereocenters. The van der Waals surface area contributed by atoms with Crippen molar-refractivity contribution in [1.29, 1.82) is 0 Å². The van der Waals surface area contributed by atoms with Crippen LogP contribution in [0.25, 0.3) is 0 Å². The van der Waals surface area contributed by atoms with Crippen LogP contribution in [0.1, 0.15) is 183 Å². The normalized spacial score (nSPS) is 38.4. The van der Waals surface area contributed by atoms with Gasteiger partial charge in [0.25, 0.3) is 0 Å². The molecule has 3 unspecified atom stereocenters. The zero-order chi connectivity index (χ0) is 60.4. The van der Waals surface area contributed by atoms with E-state index >= 15 is 0 Å². The van der Waals surface area contributed by atoms with Crippen molar-refractivity contribution in [3.8, 4) is 0 Å². The maximum atomic E-state index is 14.7. The molecule has 6 rings (SSSR count). The highest BCUT2D eigenvalue weighted by atomic mass is 35.7. The molecule has 0 aliphatic carbocycles. The first kappa shape index (κ1) is 68.7. The van der Waals surface area contributed by atoms with Crippen molar-refractivity contribution in [2.45, 2.75) is 275 Å². The highest BCUT2D eigenvalue weighted by Crippen LogP contribution is 2.44. The first-order chi connectivity index (χ1) is 38.6. The summed E-state index contributed by atoms with van der Waals surface area (Å²) in [5.74, 6) is -3.28. The number of rotatable bonds is 22. The molecule has 18 heteroatoms. The number of cyclic esters (lactones) is 1. The van der Waals surface area contributed by atoms with Gasteiger partial charge < -0.3 is 68.5 Å². The summed E-state index contributed by atoms with van der Waals surface area (Å²) in [6.07, 6.45) is 1.26. The molecule has 16 nitrogen and oxygen atoms in total. The predicted octanol–water partition coefficient (Wildman–Crippen LogP) is 8.99. The fourth-order valence-electron chi connectivity index (χ4n) is 13.2. The second-order valence-corrected chi connectivity index (χ2v) is 28.3. The van der Waals surface area contributed by atoms with Gasteiger partial charge in [0, 0.05) is 38.5 Å². The average Bonchev–Trinajstić information content (AvgIpc) is 4.33. The highest BCUT2D eigenvalue weighted by molar-refractivity contribution is 7.95. The van der Waals surface area contributed by atoms with Crippen molar-refractivity contribution in [3.63, 3.8) is 0 Å². The van der Waals surface area contributed by atoms with E-state index in [0.29, 0.717) is 12.8 Å². The quantitative estimate of drug-likeness (QED) is 0.0323. The molecule has 4 fully saturated rings. The van der Waals surface area contributed by atoms with Gasteiger partial charge in [0.15, 0.2) is 12.6 Å². The number of aryl methyl sites for hydroxylation is 1. The lowest BCUT2D eigenvalue weighted by atomic mass is 9.77. The third-order valence-corrected chi connectivity index (χ3v) is 21.1. The van der Waals surface area contributed by atoms with Gasteiger partial charge in [0.05, 0.1) is 61.0 Å². The summed E-state index contributed by atoms with van der Waals surface area (Å²) < 4.78 is 44.1. The number of epoxide rings is 1. The Morgan fingerprint density at radius 2 is 1.44 bits per heavy atom. The minimum atomic E-state index is -2.01. The Morgan fingerprint density at radius 1 is 0.817 bits per heavy atom. The van der Waals surface area contributed by atoms with Crippen LogP contribution in [0.5, 0.6) is 0 Å². The standard InChI is InChI=1S/C64H104ClN2O14P/c1-15-51-64(11,74)57(70)43(6)67(52(68)31-27-22-20-18-16-17-19-21-24-28-46-35-47(56-44(7)78-56)32-33-50(46)82(65)48-29-25-23-26-30-48)38-39(2)36-62(9,73)59(81-61-54(69)49(66(12)13)34-40(3)76-61)41(4)55(42(5)60(72)79-51)80-53-37-63(10,75-14)58(71)45(8)77-53/h23,25-26,29-30,32-33,35,39-45,49,51,53-59,61,69-71,73-74H,15-22,24,27-28,31,34,36-38H2,1-14H3/t39-,40-,41+,42-,43-,44?,45+,49+,51-,53+,54-,55+,56?,57-,58+,59-,61+,62-,63-,64-,82?/m1/s1. The molecule has 0 aromatic heterocycles. The topological polar surface area (TPSA) is 210 Å². The van der Waals surface area contributed by atoms with Gasteiger partial charge in [-0.25, -0.2) is 0 Å². The van der Waals surface area contributed by atoms with E-state index in [1.54, 1.807) is 53.4 Å². The number of unbranched alkanes of at least 4 members (excludes halogenated alkanes) is 8. The Labute approximate surface area is 497 Å². The number of hydrogen-bond donors (Lipinski definition) is 5. The van der Waals surface area contributed by atoms with Crippen molar-refractivity contribution < 1.29 is 68.3 Å². The van der Waals surface area contributed by atoms with Crippen LogP contribution in [0.3, 0.4) is 0 Å². The molecule has 0 saturated carbocycles. The third-order valence-electron chi connectivity index (χ3n) is 18.4. The lowest BCUT2D eigenvalue weighted by Crippen LogP contribution is -2.60. The van der Waals surface area contributed by atoms with Crippen LogP contribution in [0.4, 0.5) is 0 Å². The Hall–Kier alpha value is -2.38. The molecule has 0 spiro atoms. The number of nitrogens with zero attached hydrogens (tertiary/aromatic N) is 2. The number of amides is 1. The summed E-state index contributed by atoms with van der Waals surface area (Å²) >= 11 is 7.14. The van der Waals surface area contributed by atoms with Crippen molar-refractivity contribution in [2.24, 2.45) is 17.8 Å². The van der Waals surface area contributed by atoms with E-state index < -0.39 is 109 Å². The SMILES string of the molecule is CC[C@H]1OC(=O)[C@H](C)[C@@H](O[C@H]2C[C@@](C)(OC)[C@@H](O)[C@H](C)O2)[C@H](C)[C@@H](O[C@@H]2O[C@H](C)C[C@H](N(C)C)[C@H]2O)[C@](C)(O)C[C@@H](C)CN(C(=O)CCCCCCCCCCCc2cc(C3OC3C)ccc2P(Cl)c2ccccc2)[C@H](C)[C@@H](O)[C@]1(C)O. The van der Waals surface area contributed by atoms with Crippen LogP contribution < -0.4 is 10.6 Å².